The highest BCUT2D eigenvalue weighted by Crippen LogP contribution is 2.35. The van der Waals surface area contributed by atoms with Crippen molar-refractivity contribution in [1.82, 2.24) is 4.31 Å². The van der Waals surface area contributed by atoms with Crippen LogP contribution in [0.1, 0.15) is 20.3 Å². The van der Waals surface area contributed by atoms with Crippen LogP contribution in [0, 0.1) is 15.5 Å². The number of nitro groups is 1. The van der Waals surface area contributed by atoms with E-state index in [2.05, 4.69) is 0 Å². The first-order chi connectivity index (χ1) is 9.13. The van der Waals surface area contributed by atoms with Crippen molar-refractivity contribution < 1.29 is 13.3 Å². The van der Waals surface area contributed by atoms with E-state index in [1.807, 2.05) is 13.8 Å². The molecule has 110 valence electrons. The molecule has 20 heavy (non-hydrogen) atoms. The summed E-state index contributed by atoms with van der Waals surface area (Å²) in [7, 11) is -3.90. The average Bonchev–Trinajstić information content (AvgIpc) is 2.70. The fraction of sp³-hybridized carbons (Fsp3) is 0.500. The van der Waals surface area contributed by atoms with Gasteiger partial charge in [0.1, 0.15) is 0 Å². The minimum absolute atomic E-state index is 0.123. The summed E-state index contributed by atoms with van der Waals surface area (Å²) in [6.45, 7) is 4.65. The van der Waals surface area contributed by atoms with Crippen LogP contribution < -0.4 is 5.73 Å². The summed E-state index contributed by atoms with van der Waals surface area (Å²) in [6, 6.07) is 3.60. The Hall–Kier alpha value is -1.67. The quantitative estimate of drug-likeness (QED) is 0.518. The van der Waals surface area contributed by atoms with Gasteiger partial charge in [-0.2, -0.15) is 4.31 Å². The molecule has 1 aliphatic rings. The highest BCUT2D eigenvalue weighted by molar-refractivity contribution is 7.89. The van der Waals surface area contributed by atoms with Crippen LogP contribution in [0.15, 0.2) is 23.1 Å². The van der Waals surface area contributed by atoms with Gasteiger partial charge in [-0.15, -0.1) is 0 Å². The monoisotopic (exact) mass is 299 g/mol. The minimum Gasteiger partial charge on any atom is -0.399 e. The van der Waals surface area contributed by atoms with Crippen molar-refractivity contribution in [2.75, 3.05) is 18.8 Å². The van der Waals surface area contributed by atoms with Gasteiger partial charge in [0.15, 0.2) is 4.90 Å². The molecule has 1 fully saturated rings. The van der Waals surface area contributed by atoms with E-state index in [4.69, 9.17) is 5.73 Å². The normalized spacial score (nSPS) is 19.1. The number of nitrogens with zero attached hydrogens (tertiary/aromatic N) is 2. The lowest BCUT2D eigenvalue weighted by Crippen LogP contribution is -2.30. The van der Waals surface area contributed by atoms with Crippen molar-refractivity contribution in [3.05, 3.63) is 28.3 Å². The van der Waals surface area contributed by atoms with Crippen LogP contribution in [0.4, 0.5) is 11.4 Å². The predicted molar refractivity (Wildman–Crippen MR) is 74.7 cm³/mol. The third-order valence-corrected chi connectivity index (χ3v) is 5.32. The Balaban J connectivity index is 2.50. The molecule has 0 unspecified atom stereocenters. The van der Waals surface area contributed by atoms with Gasteiger partial charge in [-0.3, -0.25) is 10.1 Å². The topological polar surface area (TPSA) is 107 Å². The third-order valence-electron chi connectivity index (χ3n) is 3.44. The molecular formula is C12H17N3O4S. The maximum absolute atomic E-state index is 12.6. The van der Waals surface area contributed by atoms with Crippen molar-refractivity contribution >= 4 is 21.4 Å². The molecule has 7 nitrogen and oxygen atoms in total. The Bertz CT molecular complexity index is 655. The Kier molecular flexibility index (Phi) is 3.47. The van der Waals surface area contributed by atoms with Crippen LogP contribution in [-0.2, 0) is 10.0 Å². The second-order valence-electron chi connectivity index (χ2n) is 5.74. The second-order valence-corrected chi connectivity index (χ2v) is 7.64. The number of benzene rings is 1. The number of hydrogen-bond acceptors (Lipinski definition) is 5. The van der Waals surface area contributed by atoms with E-state index in [-0.39, 0.29) is 16.0 Å². The Morgan fingerprint density at radius 2 is 2.05 bits per heavy atom. The molecule has 0 radical (unpaired) electrons. The Morgan fingerprint density at radius 1 is 1.40 bits per heavy atom. The average molecular weight is 299 g/mol. The van der Waals surface area contributed by atoms with Crippen LogP contribution in [0.2, 0.25) is 0 Å². The van der Waals surface area contributed by atoms with E-state index in [1.54, 1.807) is 0 Å². The van der Waals surface area contributed by atoms with Gasteiger partial charge >= 0.3 is 0 Å². The highest BCUT2D eigenvalue weighted by Gasteiger charge is 2.39. The number of anilines is 1. The summed E-state index contributed by atoms with van der Waals surface area (Å²) in [4.78, 5) is 9.97. The van der Waals surface area contributed by atoms with Crippen molar-refractivity contribution in [1.29, 1.82) is 0 Å². The summed E-state index contributed by atoms with van der Waals surface area (Å²) in [5, 5.41) is 11.0. The molecule has 1 aromatic carbocycles. The van der Waals surface area contributed by atoms with Crippen LogP contribution in [-0.4, -0.2) is 30.7 Å². The first-order valence-electron chi connectivity index (χ1n) is 6.18. The van der Waals surface area contributed by atoms with E-state index in [0.29, 0.717) is 13.1 Å². The summed E-state index contributed by atoms with van der Waals surface area (Å²) in [6.07, 6.45) is 0.725. The van der Waals surface area contributed by atoms with Crippen LogP contribution in [0.25, 0.3) is 0 Å². The number of nitrogen functional groups attached to an aromatic ring is 1. The fourth-order valence-corrected chi connectivity index (χ4v) is 4.12. The molecule has 1 heterocycles. The van der Waals surface area contributed by atoms with Crippen molar-refractivity contribution in [3.63, 3.8) is 0 Å². The number of hydrogen-bond donors (Lipinski definition) is 1. The molecule has 1 aromatic rings. The van der Waals surface area contributed by atoms with Crippen LogP contribution in [0.3, 0.4) is 0 Å². The molecule has 0 saturated carbocycles. The summed E-state index contributed by atoms with van der Waals surface area (Å²) in [5.41, 5.74) is 5.19. The first-order valence-corrected chi connectivity index (χ1v) is 7.62. The summed E-state index contributed by atoms with van der Waals surface area (Å²) >= 11 is 0. The van der Waals surface area contributed by atoms with Gasteiger partial charge in [0, 0.05) is 24.8 Å². The van der Waals surface area contributed by atoms with Crippen LogP contribution >= 0.6 is 0 Å². The highest BCUT2D eigenvalue weighted by atomic mass is 32.2. The van der Waals surface area contributed by atoms with Crippen LogP contribution in [0.5, 0.6) is 0 Å². The number of sulfonamides is 1. The molecule has 8 heteroatoms. The van der Waals surface area contributed by atoms with Gasteiger partial charge in [0.05, 0.1) is 4.92 Å². The third kappa shape index (κ3) is 2.61. The molecule has 2 rings (SSSR count). The fourth-order valence-electron chi connectivity index (χ4n) is 2.30. The van der Waals surface area contributed by atoms with Gasteiger partial charge in [-0.1, -0.05) is 13.8 Å². The lowest BCUT2D eigenvalue weighted by molar-refractivity contribution is -0.387. The van der Waals surface area contributed by atoms with Crippen molar-refractivity contribution in [2.24, 2.45) is 5.41 Å². The molecule has 1 saturated heterocycles. The zero-order valence-corrected chi connectivity index (χ0v) is 12.2. The smallest absolute Gasteiger partial charge is 0.289 e. The van der Waals surface area contributed by atoms with Gasteiger partial charge < -0.3 is 5.73 Å². The Labute approximate surface area is 117 Å². The van der Waals surface area contributed by atoms with E-state index in [0.717, 1.165) is 18.6 Å². The second kappa shape index (κ2) is 4.71. The van der Waals surface area contributed by atoms with E-state index < -0.39 is 20.6 Å². The number of rotatable bonds is 3. The number of nitrogens with two attached hydrogens (primary N) is 1. The lowest BCUT2D eigenvalue weighted by atomic mass is 9.93. The van der Waals surface area contributed by atoms with Gasteiger partial charge in [0.25, 0.3) is 5.69 Å². The first kappa shape index (κ1) is 14.7. The number of nitro benzene ring substituents is 1. The summed E-state index contributed by atoms with van der Waals surface area (Å²) < 4.78 is 26.4. The predicted octanol–water partition coefficient (Wildman–Crippen LogP) is 1.60. The van der Waals surface area contributed by atoms with Gasteiger partial charge in [0.2, 0.25) is 10.0 Å². The zero-order chi connectivity index (χ0) is 15.1. The minimum atomic E-state index is -3.90. The summed E-state index contributed by atoms with van der Waals surface area (Å²) in [5.74, 6) is 0. The molecule has 0 bridgehead atoms. The van der Waals surface area contributed by atoms with Crippen molar-refractivity contribution in [2.45, 2.75) is 25.2 Å². The molecule has 0 spiro atoms. The molecule has 0 aromatic heterocycles. The molecule has 0 atom stereocenters. The van der Waals surface area contributed by atoms with Gasteiger partial charge in [-0.05, 0) is 24.0 Å². The zero-order valence-electron chi connectivity index (χ0n) is 11.4. The Morgan fingerprint density at radius 3 is 2.55 bits per heavy atom. The lowest BCUT2D eigenvalue weighted by Gasteiger charge is -2.19. The van der Waals surface area contributed by atoms with Crippen molar-refractivity contribution in [3.8, 4) is 0 Å². The van der Waals surface area contributed by atoms with Gasteiger partial charge in [-0.25, -0.2) is 8.42 Å². The standard InChI is InChI=1S/C12H17N3O4S/c1-12(2)5-6-14(8-12)20(18,19)11-7-9(13)3-4-10(11)15(16)17/h3-4,7H,5-6,8,13H2,1-2H3. The van der Waals surface area contributed by atoms with E-state index in [1.165, 1.54) is 10.4 Å². The largest absolute Gasteiger partial charge is 0.399 e. The molecule has 2 N–H and O–H groups in total. The van der Waals surface area contributed by atoms with E-state index >= 15 is 0 Å². The maximum Gasteiger partial charge on any atom is 0.289 e. The SMILES string of the molecule is CC1(C)CCN(S(=O)(=O)c2cc(N)ccc2[N+](=O)[O-])C1. The molecule has 0 amide bonds. The maximum atomic E-state index is 12.6. The molecule has 1 aliphatic heterocycles. The molecular weight excluding hydrogens is 282 g/mol. The van der Waals surface area contributed by atoms with E-state index in [9.17, 15) is 18.5 Å². The molecule has 0 aliphatic carbocycles.